The first-order chi connectivity index (χ1) is 8.93. The zero-order valence-corrected chi connectivity index (χ0v) is 11.0. The Labute approximate surface area is 111 Å². The van der Waals surface area contributed by atoms with Crippen LogP contribution in [0.5, 0.6) is 5.75 Å². The van der Waals surface area contributed by atoms with Gasteiger partial charge in [-0.25, -0.2) is 0 Å². The van der Waals surface area contributed by atoms with Crippen molar-refractivity contribution in [3.63, 3.8) is 0 Å². The molecule has 0 heterocycles. The largest absolute Gasteiger partial charge is 0.497 e. The van der Waals surface area contributed by atoms with Gasteiger partial charge in [0.05, 0.1) is 13.5 Å². The number of rotatable bonds is 6. The van der Waals surface area contributed by atoms with E-state index in [1.165, 1.54) is 4.90 Å². The Hall–Kier alpha value is -2.08. The number of hydrogen-bond donors (Lipinski definition) is 2. The lowest BCUT2D eigenvalue weighted by atomic mass is 10.1. The highest BCUT2D eigenvalue weighted by Gasteiger charge is 2.19. The molecule has 0 aliphatic heterocycles. The lowest BCUT2D eigenvalue weighted by molar-refractivity contribution is -0.142. The van der Waals surface area contributed by atoms with Gasteiger partial charge in [-0.2, -0.15) is 0 Å². The first-order valence-corrected chi connectivity index (χ1v) is 5.79. The van der Waals surface area contributed by atoms with E-state index in [0.717, 1.165) is 11.3 Å². The number of ether oxygens (including phenoxy) is 1. The molecule has 1 aromatic rings. The highest BCUT2D eigenvalue weighted by Crippen LogP contribution is 2.13. The molecule has 1 aromatic carbocycles. The van der Waals surface area contributed by atoms with Crippen molar-refractivity contribution in [2.45, 2.75) is 19.0 Å². The molecule has 3 N–H and O–H groups in total. The van der Waals surface area contributed by atoms with E-state index < -0.39 is 12.0 Å². The van der Waals surface area contributed by atoms with Gasteiger partial charge in [0.25, 0.3) is 0 Å². The fourth-order valence-corrected chi connectivity index (χ4v) is 1.52. The monoisotopic (exact) mass is 266 g/mol. The quantitative estimate of drug-likeness (QED) is 0.780. The van der Waals surface area contributed by atoms with Crippen molar-refractivity contribution in [3.05, 3.63) is 29.8 Å². The van der Waals surface area contributed by atoms with Crippen molar-refractivity contribution < 1.29 is 19.4 Å². The molecule has 0 aromatic heterocycles. The van der Waals surface area contributed by atoms with E-state index >= 15 is 0 Å². The summed E-state index contributed by atoms with van der Waals surface area (Å²) < 4.78 is 5.04. The average Bonchev–Trinajstić information content (AvgIpc) is 2.39. The van der Waals surface area contributed by atoms with Crippen molar-refractivity contribution in [3.8, 4) is 5.75 Å². The van der Waals surface area contributed by atoms with Crippen LogP contribution in [0.2, 0.25) is 0 Å². The topological polar surface area (TPSA) is 92.9 Å². The summed E-state index contributed by atoms with van der Waals surface area (Å²) in [5.74, 6) is -0.734. The second kappa shape index (κ2) is 6.75. The van der Waals surface area contributed by atoms with Crippen LogP contribution >= 0.6 is 0 Å². The van der Waals surface area contributed by atoms with Crippen LogP contribution in [0.25, 0.3) is 0 Å². The van der Waals surface area contributed by atoms with Gasteiger partial charge in [0, 0.05) is 13.6 Å². The van der Waals surface area contributed by atoms with Gasteiger partial charge in [-0.15, -0.1) is 0 Å². The number of benzene rings is 1. The predicted molar refractivity (Wildman–Crippen MR) is 69.7 cm³/mol. The first kappa shape index (κ1) is 15.0. The molecule has 6 nitrogen and oxygen atoms in total. The molecule has 0 fully saturated rings. The minimum Gasteiger partial charge on any atom is -0.497 e. The van der Waals surface area contributed by atoms with E-state index in [1.807, 2.05) is 12.1 Å². The van der Waals surface area contributed by atoms with Gasteiger partial charge in [-0.1, -0.05) is 12.1 Å². The van der Waals surface area contributed by atoms with Crippen LogP contribution in [0.4, 0.5) is 0 Å². The van der Waals surface area contributed by atoms with E-state index in [0.29, 0.717) is 6.54 Å². The second-order valence-corrected chi connectivity index (χ2v) is 4.25. The maximum absolute atomic E-state index is 11.7. The van der Waals surface area contributed by atoms with Crippen LogP contribution in [0.15, 0.2) is 24.3 Å². The molecule has 1 atom stereocenters. The van der Waals surface area contributed by atoms with Gasteiger partial charge in [0.1, 0.15) is 11.8 Å². The summed E-state index contributed by atoms with van der Waals surface area (Å²) >= 11 is 0. The second-order valence-electron chi connectivity index (χ2n) is 4.25. The van der Waals surface area contributed by atoms with Crippen molar-refractivity contribution >= 4 is 11.9 Å². The predicted octanol–water partition coefficient (Wildman–Crippen LogP) is 0.456. The Morgan fingerprint density at radius 2 is 1.95 bits per heavy atom. The van der Waals surface area contributed by atoms with Crippen LogP contribution in [0, 0.1) is 0 Å². The van der Waals surface area contributed by atoms with Crippen molar-refractivity contribution in [2.24, 2.45) is 5.73 Å². The Balaban J connectivity index is 2.55. The van der Waals surface area contributed by atoms with Gasteiger partial charge >= 0.3 is 5.97 Å². The number of nitrogens with zero attached hydrogens (tertiary/aromatic N) is 1. The summed E-state index contributed by atoms with van der Waals surface area (Å²) in [6.07, 6.45) is -0.206. The van der Waals surface area contributed by atoms with Crippen LogP contribution in [0.3, 0.4) is 0 Å². The summed E-state index contributed by atoms with van der Waals surface area (Å²) in [6, 6.07) is 6.14. The van der Waals surface area contributed by atoms with Crippen LogP contribution < -0.4 is 10.5 Å². The third-order valence-electron chi connectivity index (χ3n) is 2.72. The number of hydrogen-bond acceptors (Lipinski definition) is 4. The Kier molecular flexibility index (Phi) is 5.32. The molecule has 0 saturated heterocycles. The zero-order chi connectivity index (χ0) is 14.4. The Bertz CT molecular complexity index is 444. The number of methoxy groups -OCH3 is 1. The molecule has 1 unspecified atom stereocenters. The third kappa shape index (κ3) is 4.59. The molecule has 0 aliphatic rings. The number of carboxylic acid groups (broad SMARTS) is 1. The molecule has 0 radical (unpaired) electrons. The summed E-state index contributed by atoms with van der Waals surface area (Å²) in [4.78, 5) is 23.8. The fourth-order valence-electron chi connectivity index (χ4n) is 1.52. The maximum Gasteiger partial charge on any atom is 0.321 e. The van der Waals surface area contributed by atoms with E-state index in [1.54, 1.807) is 26.3 Å². The lowest BCUT2D eigenvalue weighted by Gasteiger charge is -2.18. The van der Waals surface area contributed by atoms with E-state index in [2.05, 4.69) is 0 Å². The summed E-state index contributed by atoms with van der Waals surface area (Å²) in [7, 11) is 3.19. The SMILES string of the molecule is COc1ccc(CN(C)C(=O)CC(N)C(=O)O)cc1. The van der Waals surface area contributed by atoms with E-state index in [-0.39, 0.29) is 12.3 Å². The molecular weight excluding hydrogens is 248 g/mol. The zero-order valence-electron chi connectivity index (χ0n) is 11.0. The number of carboxylic acids is 1. The van der Waals surface area contributed by atoms with Crippen molar-refractivity contribution in [1.29, 1.82) is 0 Å². The molecule has 104 valence electrons. The molecule has 19 heavy (non-hydrogen) atoms. The molecule has 0 spiro atoms. The summed E-state index contributed by atoms with van der Waals surface area (Å²) in [6.45, 7) is 0.398. The maximum atomic E-state index is 11.7. The summed E-state index contributed by atoms with van der Waals surface area (Å²) in [5, 5.41) is 8.65. The molecule has 1 amide bonds. The van der Waals surface area contributed by atoms with Crippen LogP contribution in [0.1, 0.15) is 12.0 Å². The van der Waals surface area contributed by atoms with Gasteiger partial charge in [-0.05, 0) is 17.7 Å². The van der Waals surface area contributed by atoms with Crippen molar-refractivity contribution in [2.75, 3.05) is 14.2 Å². The molecule has 0 aliphatic carbocycles. The van der Waals surface area contributed by atoms with Crippen LogP contribution in [-0.2, 0) is 16.1 Å². The smallest absolute Gasteiger partial charge is 0.321 e. The van der Waals surface area contributed by atoms with Gasteiger partial charge in [0.2, 0.25) is 5.91 Å². The number of nitrogens with two attached hydrogens (primary N) is 1. The van der Waals surface area contributed by atoms with Gasteiger partial charge < -0.3 is 20.5 Å². The Morgan fingerprint density at radius 1 is 1.37 bits per heavy atom. The van der Waals surface area contributed by atoms with E-state index in [4.69, 9.17) is 15.6 Å². The normalized spacial score (nSPS) is 11.7. The minimum absolute atomic E-state index is 0.206. The van der Waals surface area contributed by atoms with Gasteiger partial charge in [0.15, 0.2) is 0 Å². The number of amides is 1. The molecule has 6 heteroatoms. The molecular formula is C13H18N2O4. The fraction of sp³-hybridized carbons (Fsp3) is 0.385. The average molecular weight is 266 g/mol. The van der Waals surface area contributed by atoms with Gasteiger partial charge in [-0.3, -0.25) is 9.59 Å². The standard InChI is InChI=1S/C13H18N2O4/c1-15(12(16)7-11(14)13(17)18)8-9-3-5-10(19-2)6-4-9/h3-6,11H,7-8,14H2,1-2H3,(H,17,18). The number of aliphatic carboxylic acids is 1. The molecule has 1 rings (SSSR count). The van der Waals surface area contributed by atoms with E-state index in [9.17, 15) is 9.59 Å². The van der Waals surface area contributed by atoms with Crippen molar-refractivity contribution in [1.82, 2.24) is 4.90 Å². The molecule has 0 bridgehead atoms. The Morgan fingerprint density at radius 3 is 2.42 bits per heavy atom. The number of carbonyl (C=O) groups excluding carboxylic acids is 1. The third-order valence-corrected chi connectivity index (χ3v) is 2.72. The molecule has 0 saturated carbocycles. The highest BCUT2D eigenvalue weighted by atomic mass is 16.5. The summed E-state index contributed by atoms with van der Waals surface area (Å²) in [5.41, 5.74) is 6.25. The number of carbonyl (C=O) groups is 2. The first-order valence-electron chi connectivity index (χ1n) is 5.79. The lowest BCUT2D eigenvalue weighted by Crippen LogP contribution is -2.37. The minimum atomic E-state index is -1.17. The highest BCUT2D eigenvalue weighted by molar-refractivity contribution is 5.84. The van der Waals surface area contributed by atoms with Crippen LogP contribution in [-0.4, -0.2) is 42.1 Å².